The van der Waals surface area contributed by atoms with E-state index in [9.17, 15) is 9.59 Å². The topological polar surface area (TPSA) is 40.6 Å². The Kier molecular flexibility index (Phi) is 6.01. The lowest BCUT2D eigenvalue weighted by atomic mass is 9.93. The maximum atomic E-state index is 13.6. The van der Waals surface area contributed by atoms with Crippen LogP contribution in [0.3, 0.4) is 0 Å². The molecule has 2 fully saturated rings. The Balaban J connectivity index is 1.58. The van der Waals surface area contributed by atoms with Crippen molar-refractivity contribution < 1.29 is 9.59 Å². The molecule has 4 nitrogen and oxygen atoms in total. The highest BCUT2D eigenvalue weighted by Gasteiger charge is 2.50. The molecule has 0 radical (unpaired) electrons. The number of rotatable bonds is 5. The van der Waals surface area contributed by atoms with E-state index in [0.29, 0.717) is 18.9 Å². The molecule has 2 aliphatic rings. The first kappa shape index (κ1) is 21.1. The Morgan fingerprint density at radius 2 is 1.73 bits per heavy atom. The first-order valence-electron chi connectivity index (χ1n) is 10.7. The zero-order chi connectivity index (χ0) is 21.4. The first-order chi connectivity index (χ1) is 14.4. The van der Waals surface area contributed by atoms with E-state index in [4.69, 9.17) is 0 Å². The van der Waals surface area contributed by atoms with Crippen molar-refractivity contribution in [3.05, 3.63) is 70.2 Å². The molecule has 1 aliphatic carbocycles. The molecule has 1 saturated carbocycles. The number of hydrogen-bond acceptors (Lipinski definition) is 2. The molecule has 0 N–H and O–H groups in total. The van der Waals surface area contributed by atoms with Gasteiger partial charge in [-0.3, -0.25) is 9.59 Å². The summed E-state index contributed by atoms with van der Waals surface area (Å²) in [6.45, 7) is 4.79. The van der Waals surface area contributed by atoms with Gasteiger partial charge in [0.25, 0.3) is 0 Å². The fraction of sp³-hybridized carbons (Fsp3) is 0.440. The normalized spacial score (nSPS) is 26.2. The monoisotopic (exact) mass is 468 g/mol. The average molecular weight is 469 g/mol. The molecule has 2 aromatic rings. The number of likely N-dealkylation sites (N-methyl/N-ethyl adjacent to an activating group) is 1. The summed E-state index contributed by atoms with van der Waals surface area (Å²) in [5.41, 5.74) is 2.28. The van der Waals surface area contributed by atoms with Gasteiger partial charge in [0.05, 0.1) is 6.04 Å². The molecule has 158 valence electrons. The van der Waals surface area contributed by atoms with Crippen LogP contribution in [0.25, 0.3) is 0 Å². The quantitative estimate of drug-likeness (QED) is 0.618. The lowest BCUT2D eigenvalue weighted by Crippen LogP contribution is -2.59. The number of amides is 2. The Morgan fingerprint density at radius 1 is 1.07 bits per heavy atom. The third kappa shape index (κ3) is 4.18. The minimum Gasteiger partial charge on any atom is -0.335 e. The van der Waals surface area contributed by atoms with E-state index in [1.165, 1.54) is 5.56 Å². The third-order valence-electron chi connectivity index (χ3n) is 6.41. The van der Waals surface area contributed by atoms with Crippen molar-refractivity contribution in [2.75, 3.05) is 13.6 Å². The first-order valence-corrected chi connectivity index (χ1v) is 11.5. The van der Waals surface area contributed by atoms with Crippen LogP contribution in [0.5, 0.6) is 0 Å². The summed E-state index contributed by atoms with van der Waals surface area (Å²) < 4.78 is 1.04. The Hall–Kier alpha value is -2.14. The van der Waals surface area contributed by atoms with Gasteiger partial charge in [-0.05, 0) is 47.9 Å². The van der Waals surface area contributed by atoms with Gasteiger partial charge in [-0.2, -0.15) is 0 Å². The van der Waals surface area contributed by atoms with E-state index < -0.39 is 0 Å². The molecule has 2 aromatic carbocycles. The molecule has 1 heterocycles. The zero-order valence-corrected chi connectivity index (χ0v) is 19.4. The number of piperazine rings is 1. The van der Waals surface area contributed by atoms with E-state index in [1.807, 2.05) is 59.3 Å². The number of hydrogen-bond donors (Lipinski definition) is 0. The van der Waals surface area contributed by atoms with E-state index in [2.05, 4.69) is 41.9 Å². The van der Waals surface area contributed by atoms with Gasteiger partial charge in [0.1, 0.15) is 6.04 Å². The minimum atomic E-state index is -0.367. The second kappa shape index (κ2) is 8.54. The van der Waals surface area contributed by atoms with Crippen LogP contribution >= 0.6 is 15.9 Å². The molecular formula is C25H29BrN2O2. The molecule has 0 spiro atoms. The summed E-state index contributed by atoms with van der Waals surface area (Å²) in [6.07, 6.45) is 1.57. The van der Waals surface area contributed by atoms with Crippen LogP contribution in [0.4, 0.5) is 0 Å². The van der Waals surface area contributed by atoms with Crippen molar-refractivity contribution in [3.8, 4) is 0 Å². The minimum absolute atomic E-state index is 0.0199. The number of benzene rings is 2. The van der Waals surface area contributed by atoms with Crippen molar-refractivity contribution in [3.63, 3.8) is 0 Å². The molecule has 5 heteroatoms. The number of carbonyl (C=O) groups is 2. The van der Waals surface area contributed by atoms with Crippen LogP contribution in [-0.4, -0.2) is 41.2 Å². The summed E-state index contributed by atoms with van der Waals surface area (Å²) in [4.78, 5) is 30.6. The van der Waals surface area contributed by atoms with E-state index in [1.54, 1.807) is 0 Å². The molecule has 0 aromatic heterocycles. The molecule has 1 aliphatic heterocycles. The lowest BCUT2D eigenvalue weighted by molar-refractivity contribution is -0.155. The molecule has 1 saturated heterocycles. The SMILES string of the molecule is CC(C)C[C@H]1C(=O)N(C)[C@@H](c2ccccc2)CN1C(=O)[C@@H]1C[C@H]1c1ccc(Br)cc1. The van der Waals surface area contributed by atoms with Gasteiger partial charge in [0.2, 0.25) is 11.8 Å². The van der Waals surface area contributed by atoms with Crippen molar-refractivity contribution >= 4 is 27.7 Å². The van der Waals surface area contributed by atoms with Crippen LogP contribution in [0.1, 0.15) is 49.8 Å². The Bertz CT molecular complexity index is 913. The fourth-order valence-electron chi connectivity index (χ4n) is 4.64. The van der Waals surface area contributed by atoms with Gasteiger partial charge in [-0.15, -0.1) is 0 Å². The van der Waals surface area contributed by atoms with Gasteiger partial charge < -0.3 is 9.80 Å². The maximum Gasteiger partial charge on any atom is 0.245 e. The summed E-state index contributed by atoms with van der Waals surface area (Å²) in [6, 6.07) is 17.8. The second-order valence-electron chi connectivity index (χ2n) is 9.01. The molecule has 30 heavy (non-hydrogen) atoms. The largest absolute Gasteiger partial charge is 0.335 e. The van der Waals surface area contributed by atoms with Gasteiger partial charge >= 0.3 is 0 Å². The summed E-state index contributed by atoms with van der Waals surface area (Å²) >= 11 is 3.48. The van der Waals surface area contributed by atoms with E-state index in [-0.39, 0.29) is 35.7 Å². The smallest absolute Gasteiger partial charge is 0.245 e. The van der Waals surface area contributed by atoms with E-state index in [0.717, 1.165) is 16.5 Å². The predicted molar refractivity (Wildman–Crippen MR) is 122 cm³/mol. The summed E-state index contributed by atoms with van der Waals surface area (Å²) in [5, 5.41) is 0. The highest BCUT2D eigenvalue weighted by Crippen LogP contribution is 2.49. The van der Waals surface area contributed by atoms with Crippen LogP contribution < -0.4 is 0 Å². The van der Waals surface area contributed by atoms with Crippen molar-refractivity contribution in [1.82, 2.24) is 9.80 Å². The number of nitrogens with zero attached hydrogens (tertiary/aromatic N) is 2. The molecular weight excluding hydrogens is 440 g/mol. The third-order valence-corrected chi connectivity index (χ3v) is 6.94. The fourth-order valence-corrected chi connectivity index (χ4v) is 4.90. The molecule has 2 amide bonds. The van der Waals surface area contributed by atoms with Gasteiger partial charge in [0.15, 0.2) is 0 Å². The highest BCUT2D eigenvalue weighted by atomic mass is 79.9. The summed E-state index contributed by atoms with van der Waals surface area (Å²) in [5.74, 6) is 0.773. The number of carbonyl (C=O) groups excluding carboxylic acids is 2. The van der Waals surface area contributed by atoms with Crippen molar-refractivity contribution in [2.24, 2.45) is 11.8 Å². The predicted octanol–water partition coefficient (Wildman–Crippen LogP) is 5.01. The van der Waals surface area contributed by atoms with Gasteiger partial charge in [-0.1, -0.05) is 72.2 Å². The van der Waals surface area contributed by atoms with E-state index >= 15 is 0 Å². The average Bonchev–Trinajstić information content (AvgIpc) is 3.53. The summed E-state index contributed by atoms with van der Waals surface area (Å²) in [7, 11) is 1.87. The maximum absolute atomic E-state index is 13.6. The highest BCUT2D eigenvalue weighted by molar-refractivity contribution is 9.10. The van der Waals surface area contributed by atoms with Gasteiger partial charge in [-0.25, -0.2) is 0 Å². The second-order valence-corrected chi connectivity index (χ2v) is 9.93. The lowest BCUT2D eigenvalue weighted by Gasteiger charge is -2.45. The van der Waals surface area contributed by atoms with Crippen LogP contribution in [0.15, 0.2) is 59.1 Å². The number of halogens is 1. The molecule has 0 bridgehead atoms. The van der Waals surface area contributed by atoms with Gasteiger partial charge in [0, 0.05) is 24.0 Å². The Morgan fingerprint density at radius 3 is 2.37 bits per heavy atom. The van der Waals surface area contributed by atoms with Crippen LogP contribution in [0, 0.1) is 11.8 Å². The zero-order valence-electron chi connectivity index (χ0n) is 17.8. The molecule has 4 rings (SSSR count). The Labute approximate surface area is 187 Å². The van der Waals surface area contributed by atoms with Crippen LogP contribution in [0.2, 0.25) is 0 Å². The standard InChI is InChI=1S/C25H29BrN2O2/c1-16(2)13-22-25(30)27(3)23(18-7-5-4-6-8-18)15-28(22)24(29)21-14-20(21)17-9-11-19(26)12-10-17/h4-12,16,20-23H,13-15H2,1-3H3/t20-,21+,22-,23+/m0/s1. The van der Waals surface area contributed by atoms with Crippen molar-refractivity contribution in [2.45, 2.75) is 44.7 Å². The van der Waals surface area contributed by atoms with Crippen molar-refractivity contribution in [1.29, 1.82) is 0 Å². The molecule has 4 atom stereocenters. The molecule has 0 unspecified atom stereocenters. The van der Waals surface area contributed by atoms with Crippen LogP contribution in [-0.2, 0) is 9.59 Å².